The van der Waals surface area contributed by atoms with Crippen LogP contribution in [0.15, 0.2) is 34.2 Å². The average Bonchev–Trinajstić information content (AvgIpc) is 2.71. The summed E-state index contributed by atoms with van der Waals surface area (Å²) in [4.78, 5) is 1.11. The number of nitrogens with one attached hydrogen (secondary N) is 1. The molecule has 0 aliphatic heterocycles. The molecule has 1 aromatic carbocycles. The average molecular weight is 324 g/mol. The zero-order valence-electron chi connectivity index (χ0n) is 13.0. The van der Waals surface area contributed by atoms with Gasteiger partial charge in [-0.25, -0.2) is 0 Å². The highest BCUT2D eigenvalue weighted by molar-refractivity contribution is 7.99. The lowest BCUT2D eigenvalue weighted by atomic mass is 10.2. The van der Waals surface area contributed by atoms with Crippen molar-refractivity contribution in [3.8, 4) is 0 Å². The van der Waals surface area contributed by atoms with Crippen LogP contribution < -0.4 is 5.32 Å². The highest BCUT2D eigenvalue weighted by Crippen LogP contribution is 2.36. The molecule has 5 heteroatoms. The molecule has 0 spiro atoms. The van der Waals surface area contributed by atoms with Crippen molar-refractivity contribution in [1.82, 2.24) is 15.1 Å². The Kier molecular flexibility index (Phi) is 5.73. The summed E-state index contributed by atoms with van der Waals surface area (Å²) < 4.78 is 1.90. The maximum absolute atomic E-state index is 6.40. The van der Waals surface area contributed by atoms with Gasteiger partial charge < -0.3 is 5.32 Å². The summed E-state index contributed by atoms with van der Waals surface area (Å²) >= 11 is 8.08. The van der Waals surface area contributed by atoms with E-state index < -0.39 is 0 Å². The lowest BCUT2D eigenvalue weighted by Crippen LogP contribution is -2.19. The highest BCUT2D eigenvalue weighted by Gasteiger charge is 2.12. The molecule has 0 saturated heterocycles. The molecular formula is C16H22ClN3S. The molecule has 21 heavy (non-hydrogen) atoms. The number of aryl methyl sites for hydroxylation is 2. The Balaban J connectivity index is 2.19. The minimum absolute atomic E-state index is 0.639. The van der Waals surface area contributed by atoms with Gasteiger partial charge in [-0.15, -0.1) is 0 Å². The Labute approximate surface area is 136 Å². The van der Waals surface area contributed by atoms with E-state index in [4.69, 9.17) is 11.6 Å². The Hall–Kier alpha value is -0.970. The molecule has 0 aliphatic rings. The fraction of sp³-hybridized carbons (Fsp3) is 0.438. The summed E-state index contributed by atoms with van der Waals surface area (Å²) in [6.45, 7) is 8.25. The summed E-state index contributed by atoms with van der Waals surface area (Å²) in [5.41, 5.74) is 2.25. The summed E-state index contributed by atoms with van der Waals surface area (Å²) in [5, 5.41) is 9.77. The van der Waals surface area contributed by atoms with Crippen LogP contribution in [0.25, 0.3) is 0 Å². The van der Waals surface area contributed by atoms with E-state index in [9.17, 15) is 0 Å². The first kappa shape index (κ1) is 16.4. The van der Waals surface area contributed by atoms with Crippen LogP contribution >= 0.6 is 23.4 Å². The number of rotatable bonds is 6. The third kappa shape index (κ3) is 4.50. The van der Waals surface area contributed by atoms with Crippen LogP contribution in [0.1, 0.15) is 25.1 Å². The molecule has 0 radical (unpaired) electrons. The number of halogens is 1. The zero-order valence-corrected chi connectivity index (χ0v) is 14.6. The maximum Gasteiger partial charge on any atom is 0.0987 e. The third-order valence-electron chi connectivity index (χ3n) is 3.08. The van der Waals surface area contributed by atoms with E-state index in [1.54, 1.807) is 11.8 Å². The number of nitrogens with zero attached hydrogens (tertiary/aromatic N) is 2. The van der Waals surface area contributed by atoms with Crippen LogP contribution in [-0.2, 0) is 13.6 Å². The van der Waals surface area contributed by atoms with Crippen molar-refractivity contribution in [3.05, 3.63) is 40.5 Å². The van der Waals surface area contributed by atoms with Crippen molar-refractivity contribution in [1.29, 1.82) is 0 Å². The summed E-state index contributed by atoms with van der Waals surface area (Å²) in [7, 11) is 1.96. The fourth-order valence-corrected chi connectivity index (χ4v) is 3.45. The van der Waals surface area contributed by atoms with Crippen LogP contribution in [-0.4, -0.2) is 16.3 Å². The van der Waals surface area contributed by atoms with Crippen molar-refractivity contribution in [2.45, 2.75) is 37.2 Å². The lowest BCUT2D eigenvalue weighted by molar-refractivity contribution is 0.550. The van der Waals surface area contributed by atoms with Gasteiger partial charge in [0, 0.05) is 18.5 Å². The molecule has 0 saturated carbocycles. The van der Waals surface area contributed by atoms with Crippen molar-refractivity contribution in [2.24, 2.45) is 13.0 Å². The second-order valence-corrected chi connectivity index (χ2v) is 7.04. The first-order valence-corrected chi connectivity index (χ1v) is 8.33. The van der Waals surface area contributed by atoms with Crippen LogP contribution in [0.3, 0.4) is 0 Å². The molecule has 3 nitrogen and oxygen atoms in total. The van der Waals surface area contributed by atoms with E-state index >= 15 is 0 Å². The van der Waals surface area contributed by atoms with E-state index in [0.29, 0.717) is 5.92 Å². The minimum Gasteiger partial charge on any atom is -0.312 e. The Morgan fingerprint density at radius 3 is 2.76 bits per heavy atom. The smallest absolute Gasteiger partial charge is 0.0987 e. The number of hydrogen-bond acceptors (Lipinski definition) is 3. The molecule has 1 N–H and O–H groups in total. The van der Waals surface area contributed by atoms with E-state index in [2.05, 4.69) is 36.4 Å². The van der Waals surface area contributed by atoms with Crippen molar-refractivity contribution >= 4 is 23.4 Å². The first-order valence-electron chi connectivity index (χ1n) is 7.14. The zero-order chi connectivity index (χ0) is 15.4. The van der Waals surface area contributed by atoms with Gasteiger partial charge in [0.1, 0.15) is 0 Å². The van der Waals surface area contributed by atoms with Gasteiger partial charge in [-0.3, -0.25) is 4.68 Å². The van der Waals surface area contributed by atoms with Crippen LogP contribution in [0.2, 0.25) is 5.02 Å². The lowest BCUT2D eigenvalue weighted by Gasteiger charge is -2.13. The maximum atomic E-state index is 6.40. The molecule has 1 aromatic heterocycles. The van der Waals surface area contributed by atoms with E-state index in [1.807, 2.05) is 30.8 Å². The highest BCUT2D eigenvalue weighted by atomic mass is 35.5. The Morgan fingerprint density at radius 2 is 2.14 bits per heavy atom. The summed E-state index contributed by atoms with van der Waals surface area (Å²) in [5.74, 6) is 0.639. The molecule has 0 unspecified atom stereocenters. The quantitative estimate of drug-likeness (QED) is 0.860. The van der Waals surface area contributed by atoms with Gasteiger partial charge in [0.05, 0.1) is 15.7 Å². The van der Waals surface area contributed by atoms with Gasteiger partial charge >= 0.3 is 0 Å². The topological polar surface area (TPSA) is 29.9 Å². The van der Waals surface area contributed by atoms with Crippen molar-refractivity contribution in [2.75, 3.05) is 6.54 Å². The third-order valence-corrected chi connectivity index (χ3v) is 4.79. The SMILES string of the molecule is Cc1cc(Sc2c(Cl)cccc2CNCC(C)C)n(C)n1. The van der Waals surface area contributed by atoms with Crippen LogP contribution in [0, 0.1) is 12.8 Å². The molecule has 0 atom stereocenters. The standard InChI is InChI=1S/C16H22ClN3S/c1-11(2)9-18-10-13-6-5-7-14(17)16(13)21-15-8-12(3)19-20(15)4/h5-8,11,18H,9-10H2,1-4H3. The minimum atomic E-state index is 0.639. The van der Waals surface area contributed by atoms with Gasteiger partial charge in [0.25, 0.3) is 0 Å². The first-order chi connectivity index (χ1) is 9.97. The summed E-state index contributed by atoms with van der Waals surface area (Å²) in [6.07, 6.45) is 0. The monoisotopic (exact) mass is 323 g/mol. The molecular weight excluding hydrogens is 302 g/mol. The van der Waals surface area contributed by atoms with Gasteiger partial charge in [0.15, 0.2) is 0 Å². The molecule has 0 bridgehead atoms. The molecule has 2 aromatic rings. The second kappa shape index (κ2) is 7.34. The predicted octanol–water partition coefficient (Wildman–Crippen LogP) is 4.28. The van der Waals surface area contributed by atoms with Crippen molar-refractivity contribution < 1.29 is 0 Å². The number of benzene rings is 1. The fourth-order valence-electron chi connectivity index (χ4n) is 2.09. The van der Waals surface area contributed by atoms with Crippen LogP contribution in [0.4, 0.5) is 0 Å². The van der Waals surface area contributed by atoms with Gasteiger partial charge in [-0.1, -0.05) is 49.3 Å². The second-order valence-electron chi connectivity index (χ2n) is 5.60. The molecule has 114 valence electrons. The predicted molar refractivity (Wildman–Crippen MR) is 90.1 cm³/mol. The molecule has 0 amide bonds. The van der Waals surface area contributed by atoms with E-state index in [0.717, 1.165) is 33.7 Å². The Bertz CT molecular complexity index is 608. The summed E-state index contributed by atoms with van der Waals surface area (Å²) in [6, 6.07) is 8.16. The van der Waals surface area contributed by atoms with Gasteiger partial charge in [0.2, 0.25) is 0 Å². The molecule has 1 heterocycles. The van der Waals surface area contributed by atoms with Crippen LogP contribution in [0.5, 0.6) is 0 Å². The van der Waals surface area contributed by atoms with E-state index in [-0.39, 0.29) is 0 Å². The van der Waals surface area contributed by atoms with E-state index in [1.165, 1.54) is 5.56 Å². The van der Waals surface area contributed by atoms with Gasteiger partial charge in [-0.05, 0) is 37.1 Å². The normalized spacial score (nSPS) is 11.3. The number of aromatic nitrogens is 2. The van der Waals surface area contributed by atoms with Gasteiger partial charge in [-0.2, -0.15) is 5.10 Å². The molecule has 0 fully saturated rings. The molecule has 2 rings (SSSR count). The largest absolute Gasteiger partial charge is 0.312 e. The number of hydrogen-bond donors (Lipinski definition) is 1. The Morgan fingerprint density at radius 1 is 1.38 bits per heavy atom. The molecule has 0 aliphatic carbocycles. The van der Waals surface area contributed by atoms with Crippen molar-refractivity contribution in [3.63, 3.8) is 0 Å².